The second-order valence-electron chi connectivity index (χ2n) is 5.20. The highest BCUT2D eigenvalue weighted by molar-refractivity contribution is 7.91. The van der Waals surface area contributed by atoms with Crippen LogP contribution in [0.2, 0.25) is 0 Å². The number of fused-ring (bicyclic) bond motifs is 1. The fraction of sp³-hybridized carbons (Fsp3) is 0.538. The van der Waals surface area contributed by atoms with E-state index in [1.54, 1.807) is 0 Å². The van der Waals surface area contributed by atoms with Crippen LogP contribution in [0.4, 0.5) is 11.4 Å². The molecule has 4 nitrogen and oxygen atoms in total. The Hall–Kier alpha value is -1.23. The second-order valence-corrected chi connectivity index (χ2v) is 7.43. The van der Waals surface area contributed by atoms with Crippen LogP contribution in [-0.4, -0.2) is 32.5 Å². The maximum atomic E-state index is 11.6. The van der Waals surface area contributed by atoms with E-state index in [1.165, 1.54) is 5.56 Å². The molecule has 0 bridgehead atoms. The molecule has 1 fully saturated rings. The maximum Gasteiger partial charge on any atom is 0.152 e. The Labute approximate surface area is 108 Å². The van der Waals surface area contributed by atoms with Crippen LogP contribution in [0.5, 0.6) is 0 Å². The smallest absolute Gasteiger partial charge is 0.152 e. The predicted molar refractivity (Wildman–Crippen MR) is 73.6 cm³/mol. The number of anilines is 2. The van der Waals surface area contributed by atoms with Crippen LogP contribution >= 0.6 is 0 Å². The molecule has 2 N–H and O–H groups in total. The molecular formula is C13H18N2O2S. The van der Waals surface area contributed by atoms with Gasteiger partial charge in [-0.15, -0.1) is 0 Å². The Bertz CT molecular complexity index is 568. The van der Waals surface area contributed by atoms with Gasteiger partial charge in [-0.05, 0) is 37.0 Å². The highest BCUT2D eigenvalue weighted by atomic mass is 32.2. The molecule has 1 saturated heterocycles. The molecule has 2 aliphatic heterocycles. The average Bonchev–Trinajstić information content (AvgIpc) is 2.70. The molecular weight excluding hydrogens is 248 g/mol. The van der Waals surface area contributed by atoms with E-state index in [-0.39, 0.29) is 6.04 Å². The minimum absolute atomic E-state index is 0.135. The summed E-state index contributed by atoms with van der Waals surface area (Å²) in [5.74, 6) is 0.618. The van der Waals surface area contributed by atoms with Gasteiger partial charge in [0.2, 0.25) is 0 Å². The Morgan fingerprint density at radius 3 is 2.89 bits per heavy atom. The lowest BCUT2D eigenvalue weighted by molar-refractivity contribution is 0.590. The zero-order chi connectivity index (χ0) is 12.8. The van der Waals surface area contributed by atoms with E-state index in [9.17, 15) is 8.42 Å². The zero-order valence-corrected chi connectivity index (χ0v) is 11.1. The minimum Gasteiger partial charge on any atom is -0.398 e. The number of rotatable bonds is 1. The topological polar surface area (TPSA) is 63.4 Å². The van der Waals surface area contributed by atoms with Crippen molar-refractivity contribution in [1.82, 2.24) is 0 Å². The number of hydrogen-bond acceptors (Lipinski definition) is 4. The van der Waals surface area contributed by atoms with Gasteiger partial charge in [-0.1, -0.05) is 6.07 Å². The van der Waals surface area contributed by atoms with Crippen molar-refractivity contribution in [2.24, 2.45) is 0 Å². The monoisotopic (exact) mass is 266 g/mol. The number of nitrogens with zero attached hydrogens (tertiary/aromatic N) is 1. The zero-order valence-electron chi connectivity index (χ0n) is 10.3. The molecule has 1 unspecified atom stereocenters. The molecule has 0 aliphatic carbocycles. The van der Waals surface area contributed by atoms with Crippen LogP contribution in [0.3, 0.4) is 0 Å². The Morgan fingerprint density at radius 1 is 1.33 bits per heavy atom. The summed E-state index contributed by atoms with van der Waals surface area (Å²) >= 11 is 0. The normalized spacial score (nSPS) is 26.0. The molecule has 2 aliphatic rings. The summed E-state index contributed by atoms with van der Waals surface area (Å²) in [6.07, 6.45) is 2.80. The molecule has 3 rings (SSSR count). The van der Waals surface area contributed by atoms with E-state index < -0.39 is 9.84 Å². The van der Waals surface area contributed by atoms with Crippen molar-refractivity contribution in [2.75, 3.05) is 28.7 Å². The van der Waals surface area contributed by atoms with Crippen LogP contribution in [-0.2, 0) is 16.3 Å². The van der Waals surface area contributed by atoms with Gasteiger partial charge in [0.05, 0.1) is 11.5 Å². The summed E-state index contributed by atoms with van der Waals surface area (Å²) in [6, 6.07) is 6.08. The molecule has 0 saturated carbocycles. The molecule has 1 atom stereocenters. The summed E-state index contributed by atoms with van der Waals surface area (Å²) in [7, 11) is -2.83. The SMILES string of the molecule is Nc1cccc2c1CCCN2C1CCS(=O)(=O)C1. The van der Waals surface area contributed by atoms with Crippen molar-refractivity contribution >= 4 is 21.2 Å². The molecule has 0 radical (unpaired) electrons. The van der Waals surface area contributed by atoms with Crippen LogP contribution < -0.4 is 10.6 Å². The number of benzene rings is 1. The summed E-state index contributed by atoms with van der Waals surface area (Å²) in [5, 5.41) is 0. The van der Waals surface area contributed by atoms with E-state index in [2.05, 4.69) is 11.0 Å². The van der Waals surface area contributed by atoms with Gasteiger partial charge in [-0.25, -0.2) is 8.42 Å². The molecule has 0 spiro atoms. The molecule has 0 amide bonds. The van der Waals surface area contributed by atoms with Gasteiger partial charge in [0, 0.05) is 24.0 Å². The molecule has 98 valence electrons. The molecule has 18 heavy (non-hydrogen) atoms. The van der Waals surface area contributed by atoms with E-state index in [0.717, 1.165) is 37.2 Å². The first-order valence-corrected chi connectivity index (χ1v) is 8.23. The Morgan fingerprint density at radius 2 is 2.17 bits per heavy atom. The first-order valence-electron chi connectivity index (χ1n) is 6.41. The third-order valence-corrected chi connectivity index (χ3v) is 5.72. The van der Waals surface area contributed by atoms with Gasteiger partial charge in [0.15, 0.2) is 9.84 Å². The van der Waals surface area contributed by atoms with Gasteiger partial charge in [-0.3, -0.25) is 0 Å². The van der Waals surface area contributed by atoms with E-state index in [4.69, 9.17) is 5.73 Å². The number of nitrogen functional groups attached to an aromatic ring is 1. The van der Waals surface area contributed by atoms with E-state index >= 15 is 0 Å². The summed E-state index contributed by atoms with van der Waals surface area (Å²) in [4.78, 5) is 2.25. The molecule has 1 aromatic carbocycles. The van der Waals surface area contributed by atoms with Crippen molar-refractivity contribution in [3.63, 3.8) is 0 Å². The minimum atomic E-state index is -2.83. The summed E-state index contributed by atoms with van der Waals surface area (Å²) < 4.78 is 23.2. The fourth-order valence-corrected chi connectivity index (χ4v) is 4.81. The van der Waals surface area contributed by atoms with Gasteiger partial charge in [0.1, 0.15) is 0 Å². The van der Waals surface area contributed by atoms with Gasteiger partial charge in [0.25, 0.3) is 0 Å². The lowest BCUT2D eigenvalue weighted by Gasteiger charge is -2.36. The average molecular weight is 266 g/mol. The highest BCUT2D eigenvalue weighted by Gasteiger charge is 2.34. The van der Waals surface area contributed by atoms with Crippen LogP contribution in [0.15, 0.2) is 18.2 Å². The lowest BCUT2D eigenvalue weighted by Crippen LogP contribution is -2.40. The van der Waals surface area contributed by atoms with E-state index in [0.29, 0.717) is 11.5 Å². The highest BCUT2D eigenvalue weighted by Crippen LogP contribution is 2.34. The van der Waals surface area contributed by atoms with Gasteiger partial charge >= 0.3 is 0 Å². The van der Waals surface area contributed by atoms with Crippen molar-refractivity contribution < 1.29 is 8.42 Å². The maximum absolute atomic E-state index is 11.6. The van der Waals surface area contributed by atoms with Gasteiger partial charge < -0.3 is 10.6 Å². The molecule has 5 heteroatoms. The van der Waals surface area contributed by atoms with Crippen molar-refractivity contribution in [1.29, 1.82) is 0 Å². The quantitative estimate of drug-likeness (QED) is 0.776. The van der Waals surface area contributed by atoms with Crippen LogP contribution in [0, 0.1) is 0 Å². The number of sulfone groups is 1. The third kappa shape index (κ3) is 1.96. The fourth-order valence-electron chi connectivity index (χ4n) is 3.08. The largest absolute Gasteiger partial charge is 0.398 e. The van der Waals surface area contributed by atoms with Gasteiger partial charge in [-0.2, -0.15) is 0 Å². The number of nitrogens with two attached hydrogens (primary N) is 1. The Balaban J connectivity index is 1.95. The molecule has 0 aromatic heterocycles. The Kier molecular flexibility index (Phi) is 2.73. The third-order valence-electron chi connectivity index (χ3n) is 3.97. The van der Waals surface area contributed by atoms with Crippen molar-refractivity contribution in [3.8, 4) is 0 Å². The predicted octanol–water partition coefficient (Wildman–Crippen LogP) is 1.21. The molecule has 2 heterocycles. The number of hydrogen-bond donors (Lipinski definition) is 1. The van der Waals surface area contributed by atoms with Crippen LogP contribution in [0.25, 0.3) is 0 Å². The summed E-state index contributed by atoms with van der Waals surface area (Å²) in [6.45, 7) is 0.941. The molecule has 1 aromatic rings. The van der Waals surface area contributed by atoms with E-state index in [1.807, 2.05) is 12.1 Å². The van der Waals surface area contributed by atoms with Crippen molar-refractivity contribution in [3.05, 3.63) is 23.8 Å². The van der Waals surface area contributed by atoms with Crippen LogP contribution in [0.1, 0.15) is 18.4 Å². The summed E-state index contributed by atoms with van der Waals surface area (Å²) in [5.41, 5.74) is 9.17. The standard InChI is InChI=1S/C13H18N2O2S/c14-12-4-1-5-13-11(12)3-2-7-15(13)10-6-8-18(16,17)9-10/h1,4-5,10H,2-3,6-9,14H2. The second kappa shape index (κ2) is 4.16. The lowest BCUT2D eigenvalue weighted by atomic mass is 9.98. The first kappa shape index (κ1) is 11.8. The van der Waals surface area contributed by atoms with Crippen molar-refractivity contribution in [2.45, 2.75) is 25.3 Å². The first-order chi connectivity index (χ1) is 8.57.